The topological polar surface area (TPSA) is 162 Å². The van der Waals surface area contributed by atoms with Crippen molar-refractivity contribution in [2.75, 3.05) is 31.7 Å². The van der Waals surface area contributed by atoms with Crippen LogP contribution >= 0.6 is 7.82 Å². The second kappa shape index (κ2) is 6.02. The first-order valence-electron chi connectivity index (χ1n) is 7.67. The molecule has 12 nitrogen and oxygen atoms in total. The van der Waals surface area contributed by atoms with Crippen LogP contribution in [0.5, 0.6) is 0 Å². The van der Waals surface area contributed by atoms with E-state index in [1.54, 1.807) is 4.57 Å². The number of amidine groups is 1. The molecule has 0 spiro atoms. The summed E-state index contributed by atoms with van der Waals surface area (Å²) in [6, 6.07) is 0. The van der Waals surface area contributed by atoms with Gasteiger partial charge in [0, 0.05) is 6.54 Å². The molecule has 4 rings (SSSR count). The minimum absolute atomic E-state index is 0.535. The summed E-state index contributed by atoms with van der Waals surface area (Å²) in [5.41, 5.74) is 0.629. The summed E-state index contributed by atoms with van der Waals surface area (Å²) in [5.74, 6) is 1.37. The van der Waals surface area contributed by atoms with Gasteiger partial charge in [0.15, 0.2) is 12.1 Å². The number of imidazole rings is 1. The van der Waals surface area contributed by atoms with Crippen molar-refractivity contribution in [3.8, 4) is 0 Å². The predicted octanol–water partition coefficient (Wildman–Crippen LogP) is -1.94. The van der Waals surface area contributed by atoms with E-state index in [-0.39, 0.29) is 0 Å². The lowest BCUT2D eigenvalue weighted by Gasteiger charge is -2.28. The Bertz CT molecular complexity index is 748. The van der Waals surface area contributed by atoms with Crippen LogP contribution < -0.4 is 5.32 Å². The fraction of sp³-hybridized carbons (Fsp3) is 0.667. The average Bonchev–Trinajstić information content (AvgIpc) is 3.23. The number of nitrogens with one attached hydrogen (secondary N) is 1. The summed E-state index contributed by atoms with van der Waals surface area (Å²) in [4.78, 5) is 28.3. The summed E-state index contributed by atoms with van der Waals surface area (Å²) >= 11 is 0. The molecule has 1 aromatic heterocycles. The van der Waals surface area contributed by atoms with Gasteiger partial charge >= 0.3 is 7.82 Å². The normalized spacial score (nSPS) is 31.5. The molecule has 0 amide bonds. The summed E-state index contributed by atoms with van der Waals surface area (Å²) in [7, 11) is -4.70. The van der Waals surface area contributed by atoms with Gasteiger partial charge in [-0.15, -0.1) is 0 Å². The molecule has 0 bridgehead atoms. The molecule has 25 heavy (non-hydrogen) atoms. The van der Waals surface area contributed by atoms with Gasteiger partial charge in [-0.3, -0.25) is 14.1 Å². The van der Waals surface area contributed by atoms with Crippen molar-refractivity contribution in [3.05, 3.63) is 12.0 Å². The lowest BCUT2D eigenvalue weighted by Crippen LogP contribution is -2.39. The van der Waals surface area contributed by atoms with E-state index >= 15 is 0 Å². The number of hydrogen-bond acceptors (Lipinski definition) is 9. The fourth-order valence-electron chi connectivity index (χ4n) is 3.19. The number of fused-ring (bicyclic) bond motifs is 3. The van der Waals surface area contributed by atoms with Gasteiger partial charge < -0.3 is 35.0 Å². The van der Waals surface area contributed by atoms with Crippen LogP contribution in [0.3, 0.4) is 0 Å². The van der Waals surface area contributed by atoms with Crippen LogP contribution in [0.2, 0.25) is 0 Å². The Morgan fingerprint density at radius 3 is 2.96 bits per heavy atom. The van der Waals surface area contributed by atoms with E-state index < -0.39 is 39.0 Å². The summed E-state index contributed by atoms with van der Waals surface area (Å²) in [5, 5.41) is 23.5. The number of nitrogens with zero attached hydrogens (tertiary/aromatic N) is 4. The molecule has 0 aliphatic carbocycles. The number of aromatic nitrogens is 2. The number of aliphatic imine (C=N–C) groups is 1. The first-order valence-corrected chi connectivity index (χ1v) is 9.20. The van der Waals surface area contributed by atoms with Gasteiger partial charge in [0.1, 0.15) is 29.8 Å². The van der Waals surface area contributed by atoms with Crippen molar-refractivity contribution in [2.24, 2.45) is 4.99 Å². The Labute approximate surface area is 141 Å². The van der Waals surface area contributed by atoms with E-state index in [4.69, 9.17) is 14.5 Å². The lowest BCUT2D eigenvalue weighted by molar-refractivity contribution is -0.0512. The van der Waals surface area contributed by atoms with E-state index in [9.17, 15) is 14.8 Å². The maximum atomic E-state index is 10.8. The Morgan fingerprint density at radius 1 is 1.40 bits per heavy atom. The summed E-state index contributed by atoms with van der Waals surface area (Å²) in [6.07, 6.45) is -3.27. The van der Waals surface area contributed by atoms with Crippen molar-refractivity contribution in [3.63, 3.8) is 0 Å². The van der Waals surface area contributed by atoms with Gasteiger partial charge in [-0.2, -0.15) is 0 Å². The van der Waals surface area contributed by atoms with Crippen LogP contribution in [0, 0.1) is 0 Å². The van der Waals surface area contributed by atoms with E-state index in [1.807, 2.05) is 4.90 Å². The van der Waals surface area contributed by atoms with Crippen molar-refractivity contribution in [2.45, 2.75) is 24.5 Å². The number of rotatable bonds is 4. The monoisotopic (exact) mass is 375 g/mol. The first kappa shape index (κ1) is 16.9. The van der Waals surface area contributed by atoms with Crippen molar-refractivity contribution >= 4 is 19.5 Å². The molecule has 0 unspecified atom stereocenters. The third-order valence-electron chi connectivity index (χ3n) is 4.39. The highest BCUT2D eigenvalue weighted by molar-refractivity contribution is 7.46. The first-order chi connectivity index (χ1) is 11.8. The molecule has 3 aliphatic heterocycles. The molecule has 0 saturated carbocycles. The van der Waals surface area contributed by atoms with Gasteiger partial charge in [-0.05, 0) is 0 Å². The molecule has 13 heteroatoms. The van der Waals surface area contributed by atoms with Crippen LogP contribution in [0.1, 0.15) is 11.9 Å². The SMILES string of the molecule is O=P(O)(O)OC[C@H]1O[C@@H](n2cnc3c2NCN2CCN=C32)[C@H](O)[C@@H]1O. The predicted molar refractivity (Wildman–Crippen MR) is 82.7 cm³/mol. The standard InChI is InChI=1S/C12H18N5O7P/c18-8-6(3-23-25(20,21)22)24-12(9(8)19)17-5-14-7-10-13-1-2-16(10)4-15-11(7)17/h5-6,8-9,12,15,18-19H,1-4H2,(H2,20,21,22)/t6-,8-,9-,12-/m1/s1. The number of aliphatic hydroxyl groups excluding tert-OH is 2. The average molecular weight is 375 g/mol. The molecule has 0 radical (unpaired) electrons. The van der Waals surface area contributed by atoms with Crippen LogP contribution in [-0.2, 0) is 13.8 Å². The van der Waals surface area contributed by atoms with E-state index in [1.165, 1.54) is 6.33 Å². The van der Waals surface area contributed by atoms with Gasteiger partial charge in [0.2, 0.25) is 0 Å². The van der Waals surface area contributed by atoms with E-state index in [2.05, 4.69) is 19.8 Å². The van der Waals surface area contributed by atoms with Crippen molar-refractivity contribution < 1.29 is 33.8 Å². The molecule has 1 fully saturated rings. The minimum Gasteiger partial charge on any atom is -0.387 e. The van der Waals surface area contributed by atoms with Crippen LogP contribution in [0.15, 0.2) is 11.3 Å². The largest absolute Gasteiger partial charge is 0.469 e. The van der Waals surface area contributed by atoms with Crippen LogP contribution in [0.25, 0.3) is 0 Å². The summed E-state index contributed by atoms with van der Waals surface area (Å²) < 4.78 is 22.3. The highest BCUT2D eigenvalue weighted by Crippen LogP contribution is 2.39. The third kappa shape index (κ3) is 2.95. The second-order valence-electron chi connectivity index (χ2n) is 5.99. The molecule has 3 aliphatic rings. The van der Waals surface area contributed by atoms with E-state index in [0.717, 1.165) is 12.4 Å². The maximum Gasteiger partial charge on any atom is 0.469 e. The Balaban J connectivity index is 1.56. The Kier molecular flexibility index (Phi) is 4.07. The van der Waals surface area contributed by atoms with Crippen LogP contribution in [0.4, 0.5) is 5.82 Å². The zero-order chi connectivity index (χ0) is 17.8. The molecular weight excluding hydrogens is 357 g/mol. The molecule has 4 atom stereocenters. The number of anilines is 1. The molecule has 1 saturated heterocycles. The smallest absolute Gasteiger partial charge is 0.387 e. The lowest BCUT2D eigenvalue weighted by atomic mass is 10.1. The molecule has 138 valence electrons. The second-order valence-corrected chi connectivity index (χ2v) is 7.22. The fourth-order valence-corrected chi connectivity index (χ4v) is 3.53. The molecule has 4 heterocycles. The number of hydrogen-bond donors (Lipinski definition) is 5. The minimum atomic E-state index is -4.70. The number of phosphoric acid groups is 1. The number of phosphoric ester groups is 1. The zero-order valence-corrected chi connectivity index (χ0v) is 13.9. The van der Waals surface area contributed by atoms with Gasteiger partial charge in [0.05, 0.1) is 26.1 Å². The van der Waals surface area contributed by atoms with Crippen molar-refractivity contribution in [1.29, 1.82) is 0 Å². The zero-order valence-electron chi connectivity index (χ0n) is 13.0. The molecular formula is C12H18N5O7P. The van der Waals surface area contributed by atoms with E-state index in [0.29, 0.717) is 24.7 Å². The molecule has 0 aromatic carbocycles. The Hall–Kier alpha value is -1.53. The van der Waals surface area contributed by atoms with Crippen molar-refractivity contribution in [1.82, 2.24) is 14.5 Å². The highest BCUT2D eigenvalue weighted by Gasteiger charge is 2.46. The van der Waals surface area contributed by atoms with Crippen LogP contribution in [-0.4, -0.2) is 85.0 Å². The molecule has 5 N–H and O–H groups in total. The quantitative estimate of drug-likeness (QED) is 0.374. The summed E-state index contributed by atoms with van der Waals surface area (Å²) in [6.45, 7) is 1.47. The number of ether oxygens (including phenoxy) is 1. The maximum absolute atomic E-state index is 10.8. The van der Waals surface area contributed by atoms with Gasteiger partial charge in [-0.25, -0.2) is 9.55 Å². The van der Waals surface area contributed by atoms with Gasteiger partial charge in [0.25, 0.3) is 0 Å². The third-order valence-corrected chi connectivity index (χ3v) is 4.88. The van der Waals surface area contributed by atoms with Gasteiger partial charge in [-0.1, -0.05) is 0 Å². The Morgan fingerprint density at radius 2 is 2.20 bits per heavy atom. The molecule has 1 aromatic rings. The number of aliphatic hydroxyl groups is 2. The highest BCUT2D eigenvalue weighted by atomic mass is 31.2.